The zero-order valence-corrected chi connectivity index (χ0v) is 25.2. The number of carbonyl (C=O) groups is 3. The lowest BCUT2D eigenvalue weighted by Crippen LogP contribution is -2.44. The number of hydrogen-bond donors (Lipinski definition) is 1. The summed E-state index contributed by atoms with van der Waals surface area (Å²) in [7, 11) is 5.25. The highest BCUT2D eigenvalue weighted by Crippen LogP contribution is 2.37. The largest absolute Gasteiger partial charge is 0.456 e. The number of carbonyl (C=O) groups excluding carboxylic acids is 3. The molecule has 3 amide bonds. The normalized spacial score (nSPS) is 15.4. The Kier molecular flexibility index (Phi) is 7.41. The number of aromatic nitrogens is 2. The third kappa shape index (κ3) is 5.33. The van der Waals surface area contributed by atoms with Gasteiger partial charge >= 0.3 is 6.09 Å². The molecule has 0 bridgehead atoms. The van der Waals surface area contributed by atoms with Gasteiger partial charge in [-0.1, -0.05) is 0 Å². The number of amides is 3. The first-order valence-electron chi connectivity index (χ1n) is 13.5. The number of benzene rings is 1. The van der Waals surface area contributed by atoms with Crippen LogP contribution in [0, 0.1) is 6.92 Å². The van der Waals surface area contributed by atoms with E-state index in [1.165, 1.54) is 11.3 Å². The molecule has 41 heavy (non-hydrogen) atoms. The molecule has 11 heteroatoms. The van der Waals surface area contributed by atoms with Crippen LogP contribution in [-0.4, -0.2) is 76.1 Å². The zero-order chi connectivity index (χ0) is 29.6. The van der Waals surface area contributed by atoms with E-state index < -0.39 is 6.09 Å². The summed E-state index contributed by atoms with van der Waals surface area (Å²) in [5, 5.41) is 3.56. The molecule has 5 rings (SSSR count). The summed E-state index contributed by atoms with van der Waals surface area (Å²) in [5.41, 5.74) is 2.70. The summed E-state index contributed by atoms with van der Waals surface area (Å²) < 4.78 is 14.7. The highest BCUT2D eigenvalue weighted by Gasteiger charge is 2.33. The lowest BCUT2D eigenvalue weighted by molar-refractivity contribution is 0.0478. The van der Waals surface area contributed by atoms with Crippen LogP contribution in [0.15, 0.2) is 36.5 Å². The maximum Gasteiger partial charge on any atom is 0.410 e. The van der Waals surface area contributed by atoms with Crippen molar-refractivity contribution in [2.75, 3.05) is 27.2 Å². The molecule has 1 aliphatic rings. The fraction of sp³-hybridized carbons (Fsp3) is 0.400. The minimum Gasteiger partial charge on any atom is -0.456 e. The van der Waals surface area contributed by atoms with Crippen molar-refractivity contribution < 1.29 is 23.9 Å². The Morgan fingerprint density at radius 1 is 1.17 bits per heavy atom. The fourth-order valence-corrected chi connectivity index (χ4v) is 5.94. The van der Waals surface area contributed by atoms with Crippen molar-refractivity contribution in [3.05, 3.63) is 52.7 Å². The molecule has 10 nitrogen and oxygen atoms in total. The molecule has 1 unspecified atom stereocenters. The van der Waals surface area contributed by atoms with Crippen molar-refractivity contribution >= 4 is 50.4 Å². The van der Waals surface area contributed by atoms with Gasteiger partial charge in [-0.05, 0) is 45.9 Å². The van der Waals surface area contributed by atoms with Gasteiger partial charge in [0.25, 0.3) is 11.8 Å². The SMILES string of the molecule is CNC(=O)c1c(C)n(C)c2cc(Oc3ccnc4cc(C(=O)N5CCC(OC(=O)N(C)C(C)(C)C)C5)sc34)ccc12. The third-order valence-corrected chi connectivity index (χ3v) is 8.84. The molecular weight excluding hydrogens is 542 g/mol. The smallest absolute Gasteiger partial charge is 0.410 e. The molecule has 1 atom stereocenters. The van der Waals surface area contributed by atoms with Gasteiger partial charge in [0.05, 0.1) is 32.7 Å². The molecule has 216 valence electrons. The lowest BCUT2D eigenvalue weighted by atomic mass is 10.1. The van der Waals surface area contributed by atoms with E-state index in [2.05, 4.69) is 10.3 Å². The van der Waals surface area contributed by atoms with Gasteiger partial charge in [0.2, 0.25) is 0 Å². The van der Waals surface area contributed by atoms with Crippen LogP contribution in [0.5, 0.6) is 11.5 Å². The van der Waals surface area contributed by atoms with Gasteiger partial charge in [-0.25, -0.2) is 4.79 Å². The molecule has 4 heterocycles. The van der Waals surface area contributed by atoms with Crippen LogP contribution in [-0.2, 0) is 11.8 Å². The number of aryl methyl sites for hydroxylation is 1. The van der Waals surface area contributed by atoms with Gasteiger partial charge in [-0.15, -0.1) is 11.3 Å². The number of likely N-dealkylation sites (tertiary alicyclic amines) is 1. The highest BCUT2D eigenvalue weighted by atomic mass is 32.1. The van der Waals surface area contributed by atoms with Gasteiger partial charge < -0.3 is 29.2 Å². The number of pyridine rings is 1. The lowest BCUT2D eigenvalue weighted by Gasteiger charge is -2.32. The Morgan fingerprint density at radius 3 is 2.63 bits per heavy atom. The Balaban J connectivity index is 1.34. The average molecular weight is 578 g/mol. The van der Waals surface area contributed by atoms with Gasteiger partial charge in [0, 0.05) is 69.1 Å². The van der Waals surface area contributed by atoms with E-state index in [1.54, 1.807) is 42.2 Å². The molecule has 1 fully saturated rings. The van der Waals surface area contributed by atoms with Crippen LogP contribution >= 0.6 is 11.3 Å². The Bertz CT molecular complexity index is 1670. The number of thiophene rings is 1. The minimum atomic E-state index is -0.391. The van der Waals surface area contributed by atoms with E-state index in [0.29, 0.717) is 47.0 Å². The first kappa shape index (κ1) is 28.4. The van der Waals surface area contributed by atoms with Crippen molar-refractivity contribution in [3.63, 3.8) is 0 Å². The summed E-state index contributed by atoms with van der Waals surface area (Å²) in [6.45, 7) is 8.60. The van der Waals surface area contributed by atoms with Crippen LogP contribution < -0.4 is 10.1 Å². The summed E-state index contributed by atoms with van der Waals surface area (Å²) in [6, 6.07) is 9.19. The number of hydrogen-bond acceptors (Lipinski definition) is 7. The van der Waals surface area contributed by atoms with Crippen molar-refractivity contribution in [2.24, 2.45) is 7.05 Å². The number of nitrogens with one attached hydrogen (secondary N) is 1. The molecular formula is C30H35N5O5S. The summed E-state index contributed by atoms with van der Waals surface area (Å²) in [4.78, 5) is 46.6. The van der Waals surface area contributed by atoms with Gasteiger partial charge in [-0.2, -0.15) is 0 Å². The predicted octanol–water partition coefficient (Wildman–Crippen LogP) is 5.33. The van der Waals surface area contributed by atoms with E-state index in [9.17, 15) is 14.4 Å². The van der Waals surface area contributed by atoms with Crippen molar-refractivity contribution in [1.29, 1.82) is 0 Å². The van der Waals surface area contributed by atoms with Crippen LogP contribution in [0.3, 0.4) is 0 Å². The first-order valence-corrected chi connectivity index (χ1v) is 14.3. The second-order valence-electron chi connectivity index (χ2n) is 11.3. The van der Waals surface area contributed by atoms with Gasteiger partial charge in [-0.3, -0.25) is 14.6 Å². The molecule has 0 aliphatic carbocycles. The maximum atomic E-state index is 13.4. The van der Waals surface area contributed by atoms with E-state index in [-0.39, 0.29) is 23.5 Å². The second-order valence-corrected chi connectivity index (χ2v) is 12.3. The zero-order valence-electron chi connectivity index (χ0n) is 24.4. The first-order chi connectivity index (χ1) is 19.4. The molecule has 4 aromatic rings. The van der Waals surface area contributed by atoms with Gasteiger partial charge in [0.1, 0.15) is 17.6 Å². The Hall–Kier alpha value is -4.12. The predicted molar refractivity (Wildman–Crippen MR) is 159 cm³/mol. The Morgan fingerprint density at radius 2 is 1.93 bits per heavy atom. The number of nitrogens with zero attached hydrogens (tertiary/aromatic N) is 4. The van der Waals surface area contributed by atoms with Crippen LogP contribution in [0.25, 0.3) is 21.1 Å². The topological polar surface area (TPSA) is 106 Å². The number of rotatable bonds is 5. The summed E-state index contributed by atoms with van der Waals surface area (Å²) in [6.07, 6.45) is 1.51. The molecule has 0 spiro atoms. The number of fused-ring (bicyclic) bond motifs is 2. The van der Waals surface area contributed by atoms with Crippen LogP contribution in [0.1, 0.15) is 52.9 Å². The Labute approximate surface area is 242 Å². The molecule has 3 aromatic heterocycles. The standard InChI is InChI=1S/C30H35N5O5S/c1-17-25(27(36)31-5)20-9-8-18(14-22(20)33(17)6)39-23-10-12-32-21-15-24(41-26(21)23)28(37)35-13-11-19(16-35)40-29(38)34(7)30(2,3)4/h8-10,12,14-15,19H,11,13,16H2,1-7H3,(H,31,36). The highest BCUT2D eigenvalue weighted by molar-refractivity contribution is 7.21. The maximum absolute atomic E-state index is 13.4. The van der Waals surface area contributed by atoms with Crippen molar-refractivity contribution in [2.45, 2.75) is 45.8 Å². The quantitative estimate of drug-likeness (QED) is 0.344. The van der Waals surface area contributed by atoms with Crippen LogP contribution in [0.4, 0.5) is 4.79 Å². The molecule has 0 saturated carbocycles. The molecule has 1 aliphatic heterocycles. The monoisotopic (exact) mass is 577 g/mol. The van der Waals surface area contributed by atoms with Crippen LogP contribution in [0.2, 0.25) is 0 Å². The van der Waals surface area contributed by atoms with E-state index >= 15 is 0 Å². The van der Waals surface area contributed by atoms with E-state index in [1.807, 2.05) is 57.5 Å². The third-order valence-electron chi connectivity index (χ3n) is 7.71. The van der Waals surface area contributed by atoms with E-state index in [4.69, 9.17) is 9.47 Å². The van der Waals surface area contributed by atoms with Crippen molar-refractivity contribution in [3.8, 4) is 11.5 Å². The second kappa shape index (κ2) is 10.7. The summed E-state index contributed by atoms with van der Waals surface area (Å²) >= 11 is 1.33. The fourth-order valence-electron chi connectivity index (χ4n) is 4.91. The van der Waals surface area contributed by atoms with Gasteiger partial charge in [0.15, 0.2) is 0 Å². The van der Waals surface area contributed by atoms with E-state index in [0.717, 1.165) is 21.3 Å². The summed E-state index contributed by atoms with van der Waals surface area (Å²) in [5.74, 6) is 0.950. The molecule has 1 N–H and O–H groups in total. The average Bonchev–Trinajstić information content (AvgIpc) is 3.64. The minimum absolute atomic E-state index is 0.121. The molecule has 0 radical (unpaired) electrons. The van der Waals surface area contributed by atoms with Crippen molar-refractivity contribution in [1.82, 2.24) is 24.7 Å². The number of ether oxygens (including phenoxy) is 2. The molecule has 1 aromatic carbocycles. The molecule has 1 saturated heterocycles.